The molecule has 3 aromatic rings. The third kappa shape index (κ3) is 4.42. The van der Waals surface area contributed by atoms with Gasteiger partial charge in [0.1, 0.15) is 11.6 Å². The number of unbranched alkanes of at least 4 members (excludes halogenated alkanes) is 1. The number of aromatic hydroxyl groups is 1. The van der Waals surface area contributed by atoms with E-state index in [-0.39, 0.29) is 11.3 Å². The molecule has 0 aliphatic carbocycles. The van der Waals surface area contributed by atoms with Crippen LogP contribution in [-0.2, 0) is 6.42 Å². The van der Waals surface area contributed by atoms with Gasteiger partial charge in [0.25, 0.3) is 5.56 Å². The number of hydrogen-bond acceptors (Lipinski definition) is 4. The quantitative estimate of drug-likeness (QED) is 0.331. The van der Waals surface area contributed by atoms with E-state index in [9.17, 15) is 9.90 Å². The van der Waals surface area contributed by atoms with Gasteiger partial charge in [0, 0.05) is 20.9 Å². The maximum absolute atomic E-state index is 13.1. The molecule has 0 radical (unpaired) electrons. The second-order valence-corrected chi connectivity index (χ2v) is 9.49. The summed E-state index contributed by atoms with van der Waals surface area (Å²) in [7, 11) is 0. The fourth-order valence-corrected chi connectivity index (χ4v) is 5.33. The molecule has 0 bridgehead atoms. The van der Waals surface area contributed by atoms with Crippen molar-refractivity contribution in [3.8, 4) is 5.75 Å². The highest BCUT2D eigenvalue weighted by Crippen LogP contribution is 2.38. The number of rotatable bonds is 5. The second kappa shape index (κ2) is 9.19. The molecule has 0 amide bonds. The van der Waals surface area contributed by atoms with E-state index in [1.807, 2.05) is 12.1 Å². The van der Waals surface area contributed by atoms with Crippen molar-refractivity contribution in [3.63, 3.8) is 0 Å². The molecule has 1 aromatic heterocycles. The molecule has 2 aromatic carbocycles. The molecule has 0 aliphatic rings. The number of phenolic OH excluding ortho intramolecular Hbond substituents is 1. The second-order valence-electron chi connectivity index (χ2n) is 6.07. The molecule has 9 heteroatoms. The smallest absolute Gasteiger partial charge is 0.282 e. The van der Waals surface area contributed by atoms with E-state index in [1.165, 1.54) is 10.9 Å². The summed E-state index contributed by atoms with van der Waals surface area (Å²) in [5.74, 6) is 0.662. The Kier molecular flexibility index (Phi) is 7.12. The van der Waals surface area contributed by atoms with Crippen LogP contribution in [0.2, 0.25) is 0 Å². The Morgan fingerprint density at radius 1 is 1.18 bits per heavy atom. The molecule has 5 nitrogen and oxygen atoms in total. The van der Waals surface area contributed by atoms with Crippen LogP contribution < -0.4 is 5.56 Å². The molecule has 146 valence electrons. The average Bonchev–Trinajstić information content (AvgIpc) is 2.66. The van der Waals surface area contributed by atoms with E-state index >= 15 is 0 Å². The number of aryl methyl sites for hydroxylation is 1. The maximum atomic E-state index is 13.1. The highest BCUT2D eigenvalue weighted by Gasteiger charge is 2.14. The molecule has 0 fully saturated rings. The monoisotopic (exact) mass is 633 g/mol. The van der Waals surface area contributed by atoms with Crippen molar-refractivity contribution in [2.75, 3.05) is 0 Å². The highest BCUT2D eigenvalue weighted by molar-refractivity contribution is 9.11. The number of phenols is 1. The van der Waals surface area contributed by atoms with Gasteiger partial charge in [-0.2, -0.15) is 9.78 Å². The Hall–Kier alpha value is -1.03. The Morgan fingerprint density at radius 2 is 1.93 bits per heavy atom. The van der Waals surface area contributed by atoms with Crippen molar-refractivity contribution in [1.82, 2.24) is 9.66 Å². The predicted octanol–water partition coefficient (Wildman–Crippen LogP) is 6.38. The lowest BCUT2D eigenvalue weighted by molar-refractivity contribution is 0.468. The maximum Gasteiger partial charge on any atom is 0.282 e. The van der Waals surface area contributed by atoms with Crippen LogP contribution in [0.5, 0.6) is 5.75 Å². The molecule has 3 rings (SSSR count). The molecule has 0 saturated heterocycles. The SMILES string of the molecule is CCCCc1nc2ccc(Br)cc2c(=O)n1N=Cc1c(Br)cc(Br)c(O)c1Br. The average molecular weight is 637 g/mol. The van der Waals surface area contributed by atoms with E-state index in [4.69, 9.17) is 0 Å². The summed E-state index contributed by atoms with van der Waals surface area (Å²) in [6.07, 6.45) is 4.05. The van der Waals surface area contributed by atoms with Crippen LogP contribution in [0.25, 0.3) is 10.9 Å². The van der Waals surface area contributed by atoms with Gasteiger partial charge in [-0.1, -0.05) is 45.2 Å². The molecule has 1 heterocycles. The van der Waals surface area contributed by atoms with E-state index < -0.39 is 0 Å². The van der Waals surface area contributed by atoms with Crippen LogP contribution in [0.1, 0.15) is 31.2 Å². The number of fused-ring (bicyclic) bond motifs is 1. The first kappa shape index (κ1) is 21.7. The van der Waals surface area contributed by atoms with E-state index in [2.05, 4.69) is 80.7 Å². The Balaban J connectivity index is 2.19. The molecule has 0 unspecified atom stereocenters. The number of nitrogens with zero attached hydrogens (tertiary/aromatic N) is 3. The molecular formula is C19H15Br4N3O2. The summed E-state index contributed by atoms with van der Waals surface area (Å²) in [5, 5.41) is 15.0. The van der Waals surface area contributed by atoms with Crippen molar-refractivity contribution < 1.29 is 5.11 Å². The van der Waals surface area contributed by atoms with Gasteiger partial charge in [-0.15, -0.1) is 0 Å². The molecular weight excluding hydrogens is 622 g/mol. The van der Waals surface area contributed by atoms with Crippen LogP contribution in [0.3, 0.4) is 0 Å². The fraction of sp³-hybridized carbons (Fsp3) is 0.211. The summed E-state index contributed by atoms with van der Waals surface area (Å²) in [6.45, 7) is 2.09. The topological polar surface area (TPSA) is 67.5 Å². The zero-order valence-electron chi connectivity index (χ0n) is 14.7. The van der Waals surface area contributed by atoms with Gasteiger partial charge in [0.15, 0.2) is 0 Å². The summed E-state index contributed by atoms with van der Waals surface area (Å²) >= 11 is 13.5. The molecule has 28 heavy (non-hydrogen) atoms. The highest BCUT2D eigenvalue weighted by atomic mass is 79.9. The van der Waals surface area contributed by atoms with Gasteiger partial charge in [-0.05, 0) is 62.5 Å². The van der Waals surface area contributed by atoms with Gasteiger partial charge < -0.3 is 5.11 Å². The minimum Gasteiger partial charge on any atom is -0.506 e. The van der Waals surface area contributed by atoms with Crippen molar-refractivity contribution in [2.45, 2.75) is 26.2 Å². The van der Waals surface area contributed by atoms with Crippen LogP contribution in [0, 0.1) is 0 Å². The molecule has 0 aliphatic heterocycles. The summed E-state index contributed by atoms with van der Waals surface area (Å²) in [4.78, 5) is 17.7. The van der Waals surface area contributed by atoms with Gasteiger partial charge in [0.05, 0.1) is 26.1 Å². The third-order valence-corrected chi connectivity index (χ3v) is 6.67. The molecule has 0 atom stereocenters. The third-order valence-electron chi connectivity index (χ3n) is 4.11. The molecule has 0 saturated carbocycles. The zero-order chi connectivity index (χ0) is 20.4. The normalized spacial score (nSPS) is 11.6. The first-order valence-electron chi connectivity index (χ1n) is 8.45. The predicted molar refractivity (Wildman–Crippen MR) is 127 cm³/mol. The Morgan fingerprint density at radius 3 is 2.64 bits per heavy atom. The Labute approximate surface area is 195 Å². The van der Waals surface area contributed by atoms with E-state index in [0.29, 0.717) is 42.1 Å². The first-order chi connectivity index (χ1) is 13.3. The van der Waals surface area contributed by atoms with E-state index in [1.54, 1.807) is 12.1 Å². The Bertz CT molecular complexity index is 1140. The first-order valence-corrected chi connectivity index (χ1v) is 11.6. The lowest BCUT2D eigenvalue weighted by Gasteiger charge is -2.10. The lowest BCUT2D eigenvalue weighted by Crippen LogP contribution is -2.22. The van der Waals surface area contributed by atoms with Crippen molar-refractivity contribution in [2.24, 2.45) is 5.10 Å². The van der Waals surface area contributed by atoms with Gasteiger partial charge in [-0.3, -0.25) is 4.79 Å². The van der Waals surface area contributed by atoms with Crippen LogP contribution >= 0.6 is 63.7 Å². The van der Waals surface area contributed by atoms with Gasteiger partial charge in [-0.25, -0.2) is 4.98 Å². The van der Waals surface area contributed by atoms with Crippen LogP contribution in [-0.4, -0.2) is 21.0 Å². The minimum atomic E-state index is -0.234. The van der Waals surface area contributed by atoms with Crippen LogP contribution in [0.4, 0.5) is 0 Å². The van der Waals surface area contributed by atoms with Gasteiger partial charge in [0.2, 0.25) is 0 Å². The molecule has 1 N–H and O–H groups in total. The van der Waals surface area contributed by atoms with Gasteiger partial charge >= 0.3 is 0 Å². The van der Waals surface area contributed by atoms with Crippen molar-refractivity contribution in [1.29, 1.82) is 0 Å². The van der Waals surface area contributed by atoms with Crippen molar-refractivity contribution >= 4 is 80.8 Å². The summed E-state index contributed by atoms with van der Waals surface area (Å²) < 4.78 is 3.87. The van der Waals surface area contributed by atoms with Crippen LogP contribution in [0.15, 0.2) is 52.1 Å². The zero-order valence-corrected chi connectivity index (χ0v) is 21.1. The fourth-order valence-electron chi connectivity index (χ4n) is 2.64. The molecule has 0 spiro atoms. The summed E-state index contributed by atoms with van der Waals surface area (Å²) in [6, 6.07) is 7.16. The minimum absolute atomic E-state index is 0.0590. The number of aromatic nitrogens is 2. The summed E-state index contributed by atoms with van der Waals surface area (Å²) in [5.41, 5.74) is 1.03. The van der Waals surface area contributed by atoms with Crippen molar-refractivity contribution in [3.05, 3.63) is 63.9 Å². The lowest BCUT2D eigenvalue weighted by atomic mass is 10.2. The largest absolute Gasteiger partial charge is 0.506 e. The number of halogens is 4. The standard InChI is InChI=1S/C19H15Br4N3O2/c1-2-3-4-16-25-15-6-5-10(20)7-11(15)19(28)26(16)24-9-12-13(21)8-14(22)18(27)17(12)23/h5-9,27H,2-4H2,1H3. The number of hydrogen-bond donors (Lipinski definition) is 1. The number of benzene rings is 2. The van der Waals surface area contributed by atoms with E-state index in [0.717, 1.165) is 17.3 Å².